The van der Waals surface area contributed by atoms with E-state index in [4.69, 9.17) is 4.99 Å². The molecular weight excluding hydrogens is 433 g/mol. The highest BCUT2D eigenvalue weighted by atomic mass is 19.1. The Morgan fingerprint density at radius 3 is 2.35 bits per heavy atom. The second kappa shape index (κ2) is 9.34. The molecule has 0 atom stereocenters. The van der Waals surface area contributed by atoms with E-state index < -0.39 is 11.6 Å². The largest absolute Gasteiger partial charge is 0.370 e. The minimum absolute atomic E-state index is 0.0178. The molecule has 2 nitrogen and oxygen atoms in total. The number of hydrogen-bond acceptors (Lipinski definition) is 2. The van der Waals surface area contributed by atoms with E-state index in [0.29, 0.717) is 6.42 Å². The molecule has 1 aliphatic heterocycles. The first-order valence-corrected chi connectivity index (χ1v) is 11.2. The molecule has 0 aliphatic carbocycles. The summed E-state index contributed by atoms with van der Waals surface area (Å²) in [4.78, 5) is 6.59. The Morgan fingerprint density at radius 1 is 0.971 bits per heavy atom. The van der Waals surface area contributed by atoms with E-state index in [-0.39, 0.29) is 23.3 Å². The van der Waals surface area contributed by atoms with E-state index in [1.807, 2.05) is 62.2 Å². The third kappa shape index (κ3) is 4.69. The molecule has 1 heterocycles. The van der Waals surface area contributed by atoms with Crippen molar-refractivity contribution >= 4 is 17.1 Å². The summed E-state index contributed by atoms with van der Waals surface area (Å²) in [6.07, 6.45) is 4.47. The molecule has 174 valence electrons. The van der Waals surface area contributed by atoms with Gasteiger partial charge in [-0.3, -0.25) is 4.99 Å². The third-order valence-electron chi connectivity index (χ3n) is 6.27. The molecule has 0 spiro atoms. The lowest BCUT2D eigenvalue weighted by Gasteiger charge is -2.30. The van der Waals surface area contributed by atoms with E-state index in [2.05, 4.69) is 6.58 Å². The molecule has 0 unspecified atom stereocenters. The zero-order chi connectivity index (χ0) is 24.5. The Balaban J connectivity index is 1.73. The van der Waals surface area contributed by atoms with Gasteiger partial charge in [-0.15, -0.1) is 6.58 Å². The average Bonchev–Trinajstić information content (AvgIpc) is 3.31. The molecule has 0 fully saturated rings. The second-order valence-corrected chi connectivity index (χ2v) is 9.08. The van der Waals surface area contributed by atoms with Crippen molar-refractivity contribution in [3.63, 3.8) is 0 Å². The van der Waals surface area contributed by atoms with Gasteiger partial charge >= 0.3 is 0 Å². The van der Waals surface area contributed by atoms with Crippen molar-refractivity contribution in [1.82, 2.24) is 0 Å². The van der Waals surface area contributed by atoms with Crippen LogP contribution in [0.1, 0.15) is 42.5 Å². The van der Waals surface area contributed by atoms with E-state index in [9.17, 15) is 13.2 Å². The molecule has 0 aromatic heterocycles. The van der Waals surface area contributed by atoms with Crippen molar-refractivity contribution in [1.29, 1.82) is 0 Å². The quantitative estimate of drug-likeness (QED) is 0.335. The molecule has 0 amide bonds. The lowest BCUT2D eigenvalue weighted by atomic mass is 9.82. The summed E-state index contributed by atoms with van der Waals surface area (Å²) in [6, 6.07) is 16.3. The molecule has 1 aliphatic rings. The zero-order valence-corrected chi connectivity index (χ0v) is 19.6. The van der Waals surface area contributed by atoms with E-state index in [1.54, 1.807) is 6.07 Å². The van der Waals surface area contributed by atoms with Crippen LogP contribution in [-0.4, -0.2) is 12.8 Å². The van der Waals surface area contributed by atoms with Crippen molar-refractivity contribution < 1.29 is 13.2 Å². The van der Waals surface area contributed by atoms with Crippen molar-refractivity contribution in [3.8, 4) is 0 Å². The summed E-state index contributed by atoms with van der Waals surface area (Å²) in [6.45, 7) is 8.13. The Morgan fingerprint density at radius 2 is 1.68 bits per heavy atom. The van der Waals surface area contributed by atoms with E-state index in [0.717, 1.165) is 33.8 Å². The van der Waals surface area contributed by atoms with E-state index >= 15 is 0 Å². The minimum atomic E-state index is -0.574. The molecule has 5 heteroatoms. The van der Waals surface area contributed by atoms with Crippen LogP contribution in [0, 0.1) is 17.5 Å². The lowest BCUT2D eigenvalue weighted by Crippen LogP contribution is -2.24. The monoisotopic (exact) mass is 460 g/mol. The zero-order valence-electron chi connectivity index (χ0n) is 19.6. The normalized spacial score (nSPS) is 13.5. The predicted octanol–water partition coefficient (Wildman–Crippen LogP) is 7.44. The predicted molar refractivity (Wildman–Crippen MR) is 134 cm³/mol. The van der Waals surface area contributed by atoms with Gasteiger partial charge in [0.2, 0.25) is 0 Å². The van der Waals surface area contributed by atoms with Gasteiger partial charge in [-0.1, -0.05) is 56.3 Å². The fraction of sp³-hybridized carbons (Fsp3) is 0.207. The molecular formula is C29H27F3N2. The smallest absolute Gasteiger partial charge is 0.131 e. The van der Waals surface area contributed by atoms with Gasteiger partial charge in [-0.2, -0.15) is 0 Å². The third-order valence-corrected chi connectivity index (χ3v) is 6.27. The number of nitrogens with zero attached hydrogens (tertiary/aromatic N) is 2. The summed E-state index contributed by atoms with van der Waals surface area (Å²) in [5.41, 5.74) is 4.69. The van der Waals surface area contributed by atoms with Crippen LogP contribution in [0.15, 0.2) is 84.4 Å². The number of rotatable bonds is 7. The summed E-state index contributed by atoms with van der Waals surface area (Å²) in [7, 11) is 1.82. The highest BCUT2D eigenvalue weighted by molar-refractivity contribution is 6.07. The first kappa shape index (κ1) is 23.6. The summed E-state index contributed by atoms with van der Waals surface area (Å²) < 4.78 is 42.4. The van der Waals surface area contributed by atoms with Crippen LogP contribution in [0.5, 0.6) is 0 Å². The average molecular weight is 461 g/mol. The Hall–Kier alpha value is -3.60. The molecule has 0 N–H and O–H groups in total. The molecule has 34 heavy (non-hydrogen) atoms. The number of aliphatic imine (C=N–C) groups is 1. The fourth-order valence-electron chi connectivity index (χ4n) is 4.13. The summed E-state index contributed by atoms with van der Waals surface area (Å²) in [5.74, 6) is -1.44. The molecule has 3 aromatic rings. The van der Waals surface area contributed by atoms with E-state index in [1.165, 1.54) is 30.3 Å². The van der Waals surface area contributed by atoms with Crippen LogP contribution < -0.4 is 4.90 Å². The van der Waals surface area contributed by atoms with Gasteiger partial charge in [0.1, 0.15) is 17.5 Å². The summed E-state index contributed by atoms with van der Waals surface area (Å²) >= 11 is 0. The van der Waals surface area contributed by atoms with Gasteiger partial charge in [0.25, 0.3) is 0 Å². The molecule has 0 radical (unpaired) electrons. The van der Waals surface area contributed by atoms with Gasteiger partial charge in [0.15, 0.2) is 0 Å². The summed E-state index contributed by atoms with van der Waals surface area (Å²) in [5, 5.41) is 0. The van der Waals surface area contributed by atoms with Crippen LogP contribution in [0.2, 0.25) is 0 Å². The van der Waals surface area contributed by atoms with Crippen molar-refractivity contribution in [3.05, 3.63) is 119 Å². The Bertz CT molecular complexity index is 1280. The maximum Gasteiger partial charge on any atom is 0.131 e. The van der Waals surface area contributed by atoms with Crippen molar-refractivity contribution in [2.24, 2.45) is 4.99 Å². The van der Waals surface area contributed by atoms with Crippen LogP contribution in [0.25, 0.3) is 5.70 Å². The topological polar surface area (TPSA) is 15.6 Å². The Kier molecular flexibility index (Phi) is 6.47. The van der Waals surface area contributed by atoms with Gasteiger partial charge in [0, 0.05) is 42.2 Å². The van der Waals surface area contributed by atoms with Crippen LogP contribution in [-0.2, 0) is 12.0 Å². The van der Waals surface area contributed by atoms with Crippen LogP contribution in [0.3, 0.4) is 0 Å². The van der Waals surface area contributed by atoms with Crippen LogP contribution >= 0.6 is 0 Å². The van der Waals surface area contributed by atoms with Gasteiger partial charge in [-0.05, 0) is 41.5 Å². The number of allylic oxidation sites excluding steroid dienone is 2. The molecule has 0 bridgehead atoms. The van der Waals surface area contributed by atoms with Crippen LogP contribution in [0.4, 0.5) is 18.9 Å². The van der Waals surface area contributed by atoms with Crippen molar-refractivity contribution in [2.75, 3.05) is 11.9 Å². The molecule has 0 saturated heterocycles. The highest BCUT2D eigenvalue weighted by Crippen LogP contribution is 2.37. The lowest BCUT2D eigenvalue weighted by molar-refractivity contribution is 0.553. The maximum absolute atomic E-state index is 14.3. The molecule has 3 aromatic carbocycles. The minimum Gasteiger partial charge on any atom is -0.370 e. The number of hydrogen-bond donors (Lipinski definition) is 0. The maximum atomic E-state index is 14.3. The number of halogens is 3. The second-order valence-electron chi connectivity index (χ2n) is 9.08. The number of anilines is 1. The molecule has 0 saturated carbocycles. The SMILES string of the molecule is C=CC(C)(C)c1ccc(C2=CCC(c3cccc(F)c3)=N2)cc1N(C)Cc1c(F)cccc1F. The Labute approximate surface area is 198 Å². The first-order valence-electron chi connectivity index (χ1n) is 11.2. The van der Waals surface area contributed by atoms with Gasteiger partial charge in [0.05, 0.1) is 11.4 Å². The first-order chi connectivity index (χ1) is 16.2. The molecule has 4 rings (SSSR count). The standard InChI is InChI=1S/C29H27F3N2/c1-5-29(2,3)23-13-12-20(27-15-14-26(33-27)19-8-6-9-21(30)16-19)17-28(23)34(4)18-22-24(31)10-7-11-25(22)32/h5-13,15-17H,1,14,18H2,2-4H3. The van der Waals surface area contributed by atoms with Crippen molar-refractivity contribution in [2.45, 2.75) is 32.2 Å². The number of benzene rings is 3. The van der Waals surface area contributed by atoms with Gasteiger partial charge < -0.3 is 4.90 Å². The fourth-order valence-corrected chi connectivity index (χ4v) is 4.13. The highest BCUT2D eigenvalue weighted by Gasteiger charge is 2.24. The van der Waals surface area contributed by atoms with Gasteiger partial charge in [-0.25, -0.2) is 13.2 Å².